The number of carbonyl (C=O) groups is 2. The molecule has 174 valence electrons. The zero-order valence-electron chi connectivity index (χ0n) is 17.2. The highest BCUT2D eigenvalue weighted by molar-refractivity contribution is 5.95. The second-order valence-electron chi connectivity index (χ2n) is 6.33. The van der Waals surface area contributed by atoms with Gasteiger partial charge in [-0.3, -0.25) is 15.0 Å². The van der Waals surface area contributed by atoms with E-state index in [4.69, 9.17) is 31.1 Å². The van der Waals surface area contributed by atoms with E-state index in [1.54, 1.807) is 0 Å². The Morgan fingerprint density at radius 3 is 2.25 bits per heavy atom. The second-order valence-corrected chi connectivity index (χ2v) is 6.33. The number of hydrogen-bond donors (Lipinski definition) is 4. The minimum atomic E-state index is -1.57. The highest BCUT2D eigenvalue weighted by atomic mass is 35.5. The van der Waals surface area contributed by atoms with Gasteiger partial charge in [-0.1, -0.05) is 12.1 Å². The number of benzene rings is 2. The molecule has 0 heterocycles. The van der Waals surface area contributed by atoms with E-state index < -0.39 is 41.7 Å². The molecule has 0 aromatic heterocycles. The summed E-state index contributed by atoms with van der Waals surface area (Å²) in [6.07, 6.45) is -1.57. The Labute approximate surface area is 188 Å². The predicted molar refractivity (Wildman–Crippen MR) is 114 cm³/mol. The Bertz CT molecular complexity index is 983. The molecule has 2 amide bonds. The van der Waals surface area contributed by atoms with Crippen molar-refractivity contribution in [1.82, 2.24) is 5.32 Å². The second kappa shape index (κ2) is 11.8. The van der Waals surface area contributed by atoms with Crippen LogP contribution < -0.4 is 26.3 Å². The Hall–Kier alpha value is -3.44. The van der Waals surface area contributed by atoms with Crippen LogP contribution in [0.4, 0.5) is 8.78 Å². The van der Waals surface area contributed by atoms with Gasteiger partial charge in [-0.25, -0.2) is 8.78 Å². The molecule has 0 unspecified atom stereocenters. The average molecular weight is 473 g/mol. The summed E-state index contributed by atoms with van der Waals surface area (Å²) in [5.41, 5.74) is 10.7. The van der Waals surface area contributed by atoms with Crippen molar-refractivity contribution in [2.45, 2.75) is 12.6 Å². The number of nitrogens with one attached hydrogen (secondary N) is 2. The van der Waals surface area contributed by atoms with Gasteiger partial charge in [0.1, 0.15) is 29.0 Å². The lowest BCUT2D eigenvalue weighted by atomic mass is 10.1. The molecule has 0 aliphatic heterocycles. The number of amidine groups is 1. The van der Waals surface area contributed by atoms with Gasteiger partial charge in [0.25, 0.3) is 11.8 Å². The third-order valence-corrected chi connectivity index (χ3v) is 4.23. The van der Waals surface area contributed by atoms with E-state index in [-0.39, 0.29) is 36.3 Å². The number of rotatable bonds is 10. The number of halogens is 3. The maximum atomic E-state index is 14.3. The lowest BCUT2D eigenvalue weighted by Crippen LogP contribution is -2.31. The van der Waals surface area contributed by atoms with Gasteiger partial charge in [-0.15, -0.1) is 12.4 Å². The smallest absolute Gasteiger partial charge is 0.255 e. The number of amides is 2. The highest BCUT2D eigenvalue weighted by Crippen LogP contribution is 2.28. The van der Waals surface area contributed by atoms with Crippen molar-refractivity contribution in [3.05, 3.63) is 58.7 Å². The van der Waals surface area contributed by atoms with Gasteiger partial charge in [0, 0.05) is 36.9 Å². The summed E-state index contributed by atoms with van der Waals surface area (Å²) in [7, 11) is 2.39. The standard InChI is InChI=1S/C20H22F2N4O5.ClH/c1-29-12-6-13(21)17(14(22)7-12)18(30-2)20(28)26-8-11-4-3-10(19(24)25)5-15(11)31-9-16(23)27;/h3-7,18H,8-9H2,1-2H3,(H2,23,27)(H3,24,25)(H,26,28);1H/t18-;/m0./s1. The van der Waals surface area contributed by atoms with Crippen molar-refractivity contribution < 1.29 is 32.6 Å². The Morgan fingerprint density at radius 2 is 1.75 bits per heavy atom. The minimum absolute atomic E-state index is 0. The molecule has 6 N–H and O–H groups in total. The number of nitrogen functional groups attached to an aromatic ring is 1. The van der Waals surface area contributed by atoms with Gasteiger partial charge in [0.05, 0.1) is 12.7 Å². The molecule has 12 heteroatoms. The number of nitrogens with two attached hydrogens (primary N) is 2. The number of carbonyl (C=O) groups excluding carboxylic acids is 2. The van der Waals surface area contributed by atoms with Crippen LogP contribution in [0.1, 0.15) is 22.8 Å². The topological polar surface area (TPSA) is 150 Å². The van der Waals surface area contributed by atoms with Crippen molar-refractivity contribution in [3.63, 3.8) is 0 Å². The Kier molecular flexibility index (Phi) is 9.82. The van der Waals surface area contributed by atoms with E-state index in [1.807, 2.05) is 0 Å². The summed E-state index contributed by atoms with van der Waals surface area (Å²) in [5, 5.41) is 10.00. The van der Waals surface area contributed by atoms with Gasteiger partial charge in [0.2, 0.25) is 0 Å². The fourth-order valence-electron chi connectivity index (χ4n) is 2.71. The summed E-state index contributed by atoms with van der Waals surface area (Å²) in [5.74, 6) is -3.68. The maximum Gasteiger partial charge on any atom is 0.255 e. The fraction of sp³-hybridized carbons (Fsp3) is 0.250. The van der Waals surface area contributed by atoms with E-state index in [1.165, 1.54) is 25.3 Å². The van der Waals surface area contributed by atoms with Crippen LogP contribution in [0.3, 0.4) is 0 Å². The van der Waals surface area contributed by atoms with Crippen molar-refractivity contribution in [3.8, 4) is 11.5 Å². The largest absolute Gasteiger partial charge is 0.497 e. The SMILES string of the molecule is COc1cc(F)c([C@H](OC)C(=O)NCc2ccc(C(=N)N)cc2OCC(N)=O)c(F)c1.Cl. The molecular formula is C20H23ClF2N4O5. The van der Waals surface area contributed by atoms with Crippen molar-refractivity contribution in [2.75, 3.05) is 20.8 Å². The average Bonchev–Trinajstić information content (AvgIpc) is 2.72. The molecule has 0 bridgehead atoms. The summed E-state index contributed by atoms with van der Waals surface area (Å²) in [6.45, 7) is -0.574. The molecule has 1 atom stereocenters. The molecule has 0 saturated carbocycles. The molecule has 32 heavy (non-hydrogen) atoms. The van der Waals surface area contributed by atoms with Gasteiger partial charge >= 0.3 is 0 Å². The molecule has 2 aromatic carbocycles. The van der Waals surface area contributed by atoms with Crippen LogP contribution in [-0.4, -0.2) is 38.5 Å². The zero-order valence-corrected chi connectivity index (χ0v) is 18.1. The molecule has 2 aromatic rings. The quantitative estimate of drug-likeness (QED) is 0.304. The molecule has 0 aliphatic carbocycles. The molecule has 0 saturated heterocycles. The van der Waals surface area contributed by atoms with Gasteiger partial charge in [-0.2, -0.15) is 0 Å². The summed E-state index contributed by atoms with van der Waals surface area (Å²) in [4.78, 5) is 23.6. The first-order valence-corrected chi connectivity index (χ1v) is 8.89. The van der Waals surface area contributed by atoms with Crippen molar-refractivity contribution in [1.29, 1.82) is 5.41 Å². The first-order valence-electron chi connectivity index (χ1n) is 8.89. The van der Waals surface area contributed by atoms with E-state index in [0.717, 1.165) is 19.2 Å². The molecule has 0 spiro atoms. The van der Waals surface area contributed by atoms with Crippen LogP contribution in [0.25, 0.3) is 0 Å². The van der Waals surface area contributed by atoms with E-state index in [0.29, 0.717) is 11.1 Å². The summed E-state index contributed by atoms with van der Waals surface area (Å²) < 4.78 is 43.8. The van der Waals surface area contributed by atoms with Gasteiger partial charge < -0.3 is 31.0 Å². The summed E-state index contributed by atoms with van der Waals surface area (Å²) in [6, 6.07) is 6.31. The minimum Gasteiger partial charge on any atom is -0.497 e. The molecule has 9 nitrogen and oxygen atoms in total. The van der Waals surface area contributed by atoms with Crippen LogP contribution in [0.2, 0.25) is 0 Å². The Balaban J connectivity index is 0.00000512. The lowest BCUT2D eigenvalue weighted by molar-refractivity contribution is -0.132. The number of hydrogen-bond acceptors (Lipinski definition) is 6. The maximum absolute atomic E-state index is 14.3. The molecule has 0 radical (unpaired) electrons. The molecule has 0 fully saturated rings. The van der Waals surface area contributed by atoms with Crippen LogP contribution in [-0.2, 0) is 20.9 Å². The first-order chi connectivity index (χ1) is 14.7. The lowest BCUT2D eigenvalue weighted by Gasteiger charge is -2.18. The molecule has 2 rings (SSSR count). The van der Waals surface area contributed by atoms with Gasteiger partial charge in [0.15, 0.2) is 12.7 Å². The molecular weight excluding hydrogens is 450 g/mol. The number of primary amides is 1. The van der Waals surface area contributed by atoms with Crippen LogP contribution >= 0.6 is 12.4 Å². The van der Waals surface area contributed by atoms with Crippen molar-refractivity contribution >= 4 is 30.1 Å². The predicted octanol–water partition coefficient (Wildman–Crippen LogP) is 1.55. The fourth-order valence-corrected chi connectivity index (χ4v) is 2.71. The van der Waals surface area contributed by atoms with Gasteiger partial charge in [-0.05, 0) is 6.07 Å². The number of ether oxygens (including phenoxy) is 3. The van der Waals surface area contributed by atoms with Crippen molar-refractivity contribution in [2.24, 2.45) is 11.5 Å². The summed E-state index contributed by atoms with van der Waals surface area (Å²) >= 11 is 0. The zero-order chi connectivity index (χ0) is 23.1. The van der Waals surface area contributed by atoms with E-state index in [2.05, 4.69) is 5.32 Å². The monoisotopic (exact) mass is 472 g/mol. The number of methoxy groups -OCH3 is 2. The van der Waals surface area contributed by atoms with Crippen LogP contribution in [0.5, 0.6) is 11.5 Å². The van der Waals surface area contributed by atoms with E-state index in [9.17, 15) is 18.4 Å². The highest BCUT2D eigenvalue weighted by Gasteiger charge is 2.28. The van der Waals surface area contributed by atoms with Crippen LogP contribution in [0, 0.1) is 17.0 Å². The Morgan fingerprint density at radius 1 is 1.12 bits per heavy atom. The first kappa shape index (κ1) is 26.6. The van der Waals surface area contributed by atoms with E-state index >= 15 is 0 Å². The third-order valence-electron chi connectivity index (χ3n) is 4.23. The third kappa shape index (κ3) is 6.53. The van der Waals surface area contributed by atoms with Crippen LogP contribution in [0.15, 0.2) is 30.3 Å². The normalized spacial score (nSPS) is 11.1. The molecule has 0 aliphatic rings.